The molecule has 3 N–H and O–H groups in total. The molecule has 0 aliphatic carbocycles. The third-order valence-corrected chi connectivity index (χ3v) is 5.94. The Morgan fingerprint density at radius 1 is 1.00 bits per heavy atom. The van der Waals surface area contributed by atoms with E-state index in [9.17, 15) is 15.3 Å². The third kappa shape index (κ3) is 4.09. The van der Waals surface area contributed by atoms with E-state index in [4.69, 9.17) is 16.3 Å². The standard InChI is InChI=1S/C20H23ClO4S/c1-11-3-5-12(6-4-11)9-14-10-13(7-8-15(14)21)19-17(23)16(22)18(24)20(25-19)26-2/h3-8,10,16-20,22-24H,9H2,1-2H3/t16-,17-,18+,19+,20-/m1/s1. The van der Waals surface area contributed by atoms with Crippen LogP contribution in [0.2, 0.25) is 5.02 Å². The summed E-state index contributed by atoms with van der Waals surface area (Å²) in [6.45, 7) is 2.04. The molecule has 0 aromatic heterocycles. The second-order valence-electron chi connectivity index (χ2n) is 6.65. The van der Waals surface area contributed by atoms with Gasteiger partial charge in [-0.15, -0.1) is 11.8 Å². The fourth-order valence-corrected chi connectivity index (χ4v) is 4.01. The highest BCUT2D eigenvalue weighted by atomic mass is 35.5. The van der Waals surface area contributed by atoms with Gasteiger partial charge in [0, 0.05) is 5.02 Å². The number of aliphatic hydroxyl groups is 3. The number of benzene rings is 2. The second-order valence-corrected chi connectivity index (χ2v) is 7.99. The largest absolute Gasteiger partial charge is 0.387 e. The molecule has 1 heterocycles. The lowest BCUT2D eigenvalue weighted by Gasteiger charge is -2.40. The topological polar surface area (TPSA) is 69.9 Å². The van der Waals surface area contributed by atoms with E-state index in [2.05, 4.69) is 24.3 Å². The van der Waals surface area contributed by atoms with Crippen LogP contribution in [0.15, 0.2) is 42.5 Å². The third-order valence-electron chi connectivity index (χ3n) is 4.72. The van der Waals surface area contributed by atoms with Crippen molar-refractivity contribution in [3.63, 3.8) is 0 Å². The molecule has 1 aliphatic heterocycles. The molecule has 3 rings (SSSR count). The van der Waals surface area contributed by atoms with Gasteiger partial charge < -0.3 is 20.1 Å². The summed E-state index contributed by atoms with van der Waals surface area (Å²) in [7, 11) is 0. The molecule has 1 saturated heterocycles. The maximum atomic E-state index is 10.4. The van der Waals surface area contributed by atoms with Gasteiger partial charge >= 0.3 is 0 Å². The van der Waals surface area contributed by atoms with Crippen LogP contribution in [0.4, 0.5) is 0 Å². The minimum atomic E-state index is -1.26. The van der Waals surface area contributed by atoms with Crippen LogP contribution in [-0.4, -0.2) is 45.3 Å². The second kappa shape index (κ2) is 8.30. The number of halogens is 1. The van der Waals surface area contributed by atoms with E-state index < -0.39 is 29.9 Å². The summed E-state index contributed by atoms with van der Waals surface area (Å²) in [6.07, 6.45) is -1.87. The summed E-state index contributed by atoms with van der Waals surface area (Å²) in [6, 6.07) is 13.7. The van der Waals surface area contributed by atoms with Crippen molar-refractivity contribution in [2.45, 2.75) is 43.2 Å². The summed E-state index contributed by atoms with van der Waals surface area (Å²) < 4.78 is 5.84. The van der Waals surface area contributed by atoms with Crippen LogP contribution in [-0.2, 0) is 11.2 Å². The lowest BCUT2D eigenvalue weighted by atomic mass is 9.92. The zero-order valence-electron chi connectivity index (χ0n) is 14.7. The van der Waals surface area contributed by atoms with Crippen molar-refractivity contribution >= 4 is 23.4 Å². The van der Waals surface area contributed by atoms with Gasteiger partial charge in [-0.3, -0.25) is 0 Å². The van der Waals surface area contributed by atoms with E-state index in [0.29, 0.717) is 11.4 Å². The Morgan fingerprint density at radius 2 is 1.69 bits per heavy atom. The average molecular weight is 395 g/mol. The molecule has 0 bridgehead atoms. The molecule has 5 atom stereocenters. The molecular formula is C20H23ClO4S. The molecule has 26 heavy (non-hydrogen) atoms. The van der Waals surface area contributed by atoms with E-state index in [1.165, 1.54) is 17.3 Å². The summed E-state index contributed by atoms with van der Waals surface area (Å²) >= 11 is 7.66. The van der Waals surface area contributed by atoms with E-state index in [1.807, 2.05) is 13.0 Å². The molecule has 1 fully saturated rings. The first-order valence-corrected chi connectivity index (χ1v) is 10.1. The van der Waals surface area contributed by atoms with Gasteiger partial charge in [-0.2, -0.15) is 0 Å². The Hall–Kier alpha value is -1.08. The maximum absolute atomic E-state index is 10.4. The van der Waals surface area contributed by atoms with Crippen molar-refractivity contribution in [2.24, 2.45) is 0 Å². The maximum Gasteiger partial charge on any atom is 0.132 e. The molecule has 2 aromatic carbocycles. The fourth-order valence-electron chi connectivity index (χ4n) is 3.15. The fraction of sp³-hybridized carbons (Fsp3) is 0.400. The van der Waals surface area contributed by atoms with Gasteiger partial charge in [-0.05, 0) is 42.4 Å². The van der Waals surface area contributed by atoms with Crippen molar-refractivity contribution in [1.82, 2.24) is 0 Å². The predicted molar refractivity (Wildman–Crippen MR) is 105 cm³/mol. The zero-order chi connectivity index (χ0) is 18.8. The molecule has 0 amide bonds. The van der Waals surface area contributed by atoms with E-state index in [-0.39, 0.29) is 0 Å². The van der Waals surface area contributed by atoms with Crippen LogP contribution < -0.4 is 0 Å². The van der Waals surface area contributed by atoms with Gasteiger partial charge in [0.1, 0.15) is 29.9 Å². The highest BCUT2D eigenvalue weighted by molar-refractivity contribution is 7.99. The molecule has 4 nitrogen and oxygen atoms in total. The summed E-state index contributed by atoms with van der Waals surface area (Å²) in [5, 5.41) is 31.2. The molecular weight excluding hydrogens is 372 g/mol. The SMILES string of the molecule is CS[C@H]1O[C@@H](c2ccc(Cl)c(Cc3ccc(C)cc3)c2)[C@H](O)[C@@H](O)[C@@H]1O. The van der Waals surface area contributed by atoms with Crippen molar-refractivity contribution in [3.05, 3.63) is 69.7 Å². The first-order chi connectivity index (χ1) is 12.4. The number of hydrogen-bond donors (Lipinski definition) is 3. The lowest BCUT2D eigenvalue weighted by Crippen LogP contribution is -2.52. The van der Waals surface area contributed by atoms with Crippen molar-refractivity contribution in [3.8, 4) is 0 Å². The quantitative estimate of drug-likeness (QED) is 0.743. The van der Waals surface area contributed by atoms with Crippen LogP contribution in [0.25, 0.3) is 0 Å². The van der Waals surface area contributed by atoms with Crippen molar-refractivity contribution in [2.75, 3.05) is 6.26 Å². The number of rotatable bonds is 4. The minimum Gasteiger partial charge on any atom is -0.387 e. The van der Waals surface area contributed by atoms with Crippen LogP contribution >= 0.6 is 23.4 Å². The molecule has 0 radical (unpaired) electrons. The molecule has 140 valence electrons. The zero-order valence-corrected chi connectivity index (χ0v) is 16.2. The smallest absolute Gasteiger partial charge is 0.132 e. The Morgan fingerprint density at radius 3 is 2.35 bits per heavy atom. The van der Waals surface area contributed by atoms with Gasteiger partial charge in [0.15, 0.2) is 0 Å². The molecule has 0 saturated carbocycles. The Labute approximate surface area is 162 Å². The Balaban J connectivity index is 1.87. The normalized spacial score (nSPS) is 28.9. The van der Waals surface area contributed by atoms with Crippen LogP contribution in [0.3, 0.4) is 0 Å². The van der Waals surface area contributed by atoms with Gasteiger partial charge in [-0.1, -0.05) is 53.6 Å². The molecule has 2 aromatic rings. The average Bonchev–Trinajstić information content (AvgIpc) is 2.64. The summed E-state index contributed by atoms with van der Waals surface area (Å²) in [5.74, 6) is 0. The lowest BCUT2D eigenvalue weighted by molar-refractivity contribution is -0.200. The van der Waals surface area contributed by atoms with Crippen LogP contribution in [0.5, 0.6) is 0 Å². The number of aryl methyl sites for hydroxylation is 1. The summed E-state index contributed by atoms with van der Waals surface area (Å²) in [4.78, 5) is 0. The Bertz CT molecular complexity index is 750. The van der Waals surface area contributed by atoms with E-state index in [0.717, 1.165) is 16.7 Å². The number of ether oxygens (including phenoxy) is 1. The highest BCUT2D eigenvalue weighted by Gasteiger charge is 2.44. The van der Waals surface area contributed by atoms with Gasteiger partial charge in [-0.25, -0.2) is 0 Å². The van der Waals surface area contributed by atoms with Crippen molar-refractivity contribution < 1.29 is 20.1 Å². The first-order valence-electron chi connectivity index (χ1n) is 8.47. The monoisotopic (exact) mass is 394 g/mol. The number of aliphatic hydroxyl groups excluding tert-OH is 3. The molecule has 0 spiro atoms. The predicted octanol–water partition coefficient (Wildman–Crippen LogP) is 3.08. The van der Waals surface area contributed by atoms with Gasteiger partial charge in [0.05, 0.1) is 0 Å². The molecule has 0 unspecified atom stereocenters. The highest BCUT2D eigenvalue weighted by Crippen LogP contribution is 2.37. The molecule has 6 heteroatoms. The molecule has 1 aliphatic rings. The Kier molecular flexibility index (Phi) is 6.28. The first kappa shape index (κ1) is 19.7. The summed E-state index contributed by atoms with van der Waals surface area (Å²) in [5.41, 5.74) is 3.38. The number of thioether (sulfide) groups is 1. The minimum absolute atomic E-state index is 0.602. The van der Waals surface area contributed by atoms with Crippen LogP contribution in [0.1, 0.15) is 28.4 Å². The van der Waals surface area contributed by atoms with Gasteiger partial charge in [0.25, 0.3) is 0 Å². The van der Waals surface area contributed by atoms with E-state index in [1.54, 1.807) is 18.4 Å². The van der Waals surface area contributed by atoms with Crippen molar-refractivity contribution in [1.29, 1.82) is 0 Å². The number of hydrogen-bond acceptors (Lipinski definition) is 5. The van der Waals surface area contributed by atoms with E-state index >= 15 is 0 Å². The van der Waals surface area contributed by atoms with Crippen LogP contribution in [0, 0.1) is 6.92 Å². The van der Waals surface area contributed by atoms with Gasteiger partial charge in [0.2, 0.25) is 0 Å².